The van der Waals surface area contributed by atoms with Crippen LogP contribution in [0.25, 0.3) is 0 Å². The molecule has 0 saturated carbocycles. The molecule has 0 aromatic rings. The van der Waals surface area contributed by atoms with Gasteiger partial charge in [0.05, 0.1) is 0 Å². The van der Waals surface area contributed by atoms with Crippen molar-refractivity contribution in [2.75, 3.05) is 13.2 Å². The highest BCUT2D eigenvalue weighted by Gasteiger charge is 2.19. The molecule has 366 valence electrons. The van der Waals surface area contributed by atoms with E-state index in [4.69, 9.17) is 14.2 Å². The number of carbonyl (C=O) groups excluding carboxylic acids is 3. The summed E-state index contributed by atoms with van der Waals surface area (Å²) in [6.07, 6.45) is 71.8. The fourth-order valence-corrected chi connectivity index (χ4v) is 6.76. The number of esters is 3. The van der Waals surface area contributed by atoms with E-state index in [1.165, 1.54) is 57.8 Å². The highest BCUT2D eigenvalue weighted by atomic mass is 16.6. The van der Waals surface area contributed by atoms with E-state index in [1.54, 1.807) is 0 Å². The molecule has 0 amide bonds. The molecule has 6 nitrogen and oxygen atoms in total. The predicted octanol–water partition coefficient (Wildman–Crippen LogP) is 17.3. The van der Waals surface area contributed by atoms with Crippen molar-refractivity contribution in [2.45, 2.75) is 219 Å². The number of hydrogen-bond donors (Lipinski definition) is 0. The molecule has 0 aromatic carbocycles. The molecule has 0 aliphatic heterocycles. The third kappa shape index (κ3) is 50.7. The summed E-state index contributed by atoms with van der Waals surface area (Å²) in [5.41, 5.74) is 0. The highest BCUT2D eigenvalue weighted by Crippen LogP contribution is 2.14. The van der Waals surface area contributed by atoms with E-state index in [0.29, 0.717) is 19.3 Å². The molecule has 0 heterocycles. The molecule has 0 aliphatic carbocycles. The molecule has 1 unspecified atom stereocenters. The summed E-state index contributed by atoms with van der Waals surface area (Å²) in [4.78, 5) is 38.0. The van der Waals surface area contributed by atoms with Crippen molar-refractivity contribution in [3.05, 3.63) is 122 Å². The van der Waals surface area contributed by atoms with Crippen molar-refractivity contribution in [1.29, 1.82) is 0 Å². The van der Waals surface area contributed by atoms with Crippen molar-refractivity contribution in [1.82, 2.24) is 0 Å². The summed E-state index contributed by atoms with van der Waals surface area (Å²) in [6.45, 7) is 6.20. The Balaban J connectivity index is 4.45. The average Bonchev–Trinajstić information content (AvgIpc) is 3.30. The zero-order valence-corrected chi connectivity index (χ0v) is 41.7. The van der Waals surface area contributed by atoms with Gasteiger partial charge in [0.15, 0.2) is 6.10 Å². The fourth-order valence-electron chi connectivity index (χ4n) is 6.76. The molecule has 0 saturated heterocycles. The number of hydrogen-bond acceptors (Lipinski definition) is 6. The van der Waals surface area contributed by atoms with Gasteiger partial charge in [-0.05, 0) is 89.9 Å². The van der Waals surface area contributed by atoms with Crippen LogP contribution < -0.4 is 0 Å². The summed E-state index contributed by atoms with van der Waals surface area (Å²) >= 11 is 0. The summed E-state index contributed by atoms with van der Waals surface area (Å²) < 4.78 is 16.8. The van der Waals surface area contributed by atoms with Gasteiger partial charge in [-0.15, -0.1) is 0 Å². The van der Waals surface area contributed by atoms with Gasteiger partial charge in [0, 0.05) is 19.3 Å². The summed E-state index contributed by atoms with van der Waals surface area (Å²) in [6, 6.07) is 0. The maximum atomic E-state index is 12.8. The van der Waals surface area contributed by atoms with E-state index in [1.807, 2.05) is 36.5 Å². The number of carbonyl (C=O) groups is 3. The van der Waals surface area contributed by atoms with Crippen molar-refractivity contribution in [3.8, 4) is 0 Å². The third-order valence-corrected chi connectivity index (χ3v) is 10.6. The first-order valence-corrected chi connectivity index (χ1v) is 26.1. The highest BCUT2D eigenvalue weighted by molar-refractivity contribution is 5.71. The number of rotatable bonds is 45. The molecule has 0 aliphatic rings. The summed E-state index contributed by atoms with van der Waals surface area (Å²) in [5.74, 6) is -0.967. The smallest absolute Gasteiger partial charge is 0.306 e. The first-order valence-electron chi connectivity index (χ1n) is 26.1. The molecule has 1 atom stereocenters. The maximum absolute atomic E-state index is 12.8. The average molecular weight is 899 g/mol. The van der Waals surface area contributed by atoms with E-state index in [9.17, 15) is 14.4 Å². The van der Waals surface area contributed by atoms with Crippen LogP contribution in [0, 0.1) is 0 Å². The second-order valence-electron chi connectivity index (χ2n) is 16.8. The topological polar surface area (TPSA) is 78.9 Å². The van der Waals surface area contributed by atoms with E-state index in [2.05, 4.69) is 106 Å². The minimum atomic E-state index is -0.806. The molecule has 0 fully saturated rings. The molecule has 6 heteroatoms. The van der Waals surface area contributed by atoms with Crippen LogP contribution in [-0.4, -0.2) is 37.2 Å². The van der Waals surface area contributed by atoms with Crippen LogP contribution in [0.15, 0.2) is 122 Å². The van der Waals surface area contributed by atoms with Crippen LogP contribution in [0.2, 0.25) is 0 Å². The van der Waals surface area contributed by atoms with Crippen molar-refractivity contribution < 1.29 is 28.6 Å². The van der Waals surface area contributed by atoms with Crippen molar-refractivity contribution >= 4 is 17.9 Å². The van der Waals surface area contributed by atoms with Gasteiger partial charge in [0.2, 0.25) is 0 Å². The lowest BCUT2D eigenvalue weighted by Crippen LogP contribution is -2.30. The Bertz CT molecular complexity index is 1400. The van der Waals surface area contributed by atoms with Crippen LogP contribution in [0.5, 0.6) is 0 Å². The van der Waals surface area contributed by atoms with Crippen LogP contribution in [-0.2, 0) is 28.6 Å². The normalized spacial score (nSPS) is 13.1. The summed E-state index contributed by atoms with van der Waals surface area (Å²) in [7, 11) is 0. The first kappa shape index (κ1) is 60.8. The van der Waals surface area contributed by atoms with Crippen LogP contribution in [0.1, 0.15) is 213 Å². The Morgan fingerprint density at radius 1 is 0.323 bits per heavy atom. The van der Waals surface area contributed by atoms with Gasteiger partial charge in [0.25, 0.3) is 0 Å². The van der Waals surface area contributed by atoms with Crippen LogP contribution >= 0.6 is 0 Å². The quantitative estimate of drug-likeness (QED) is 0.0199. The van der Waals surface area contributed by atoms with E-state index >= 15 is 0 Å². The second kappa shape index (κ2) is 52.4. The second-order valence-corrected chi connectivity index (χ2v) is 16.8. The molecule has 0 radical (unpaired) electrons. The van der Waals surface area contributed by atoms with Gasteiger partial charge in [-0.3, -0.25) is 14.4 Å². The van der Waals surface area contributed by atoms with E-state index in [-0.39, 0.29) is 31.1 Å². The third-order valence-electron chi connectivity index (χ3n) is 10.6. The van der Waals surface area contributed by atoms with Gasteiger partial charge in [-0.2, -0.15) is 0 Å². The van der Waals surface area contributed by atoms with Crippen LogP contribution in [0.3, 0.4) is 0 Å². The number of ether oxygens (including phenoxy) is 3. The van der Waals surface area contributed by atoms with Crippen molar-refractivity contribution in [3.63, 3.8) is 0 Å². The Hall–Kier alpha value is -4.19. The van der Waals surface area contributed by atoms with Gasteiger partial charge < -0.3 is 14.2 Å². The lowest BCUT2D eigenvalue weighted by molar-refractivity contribution is -0.167. The Morgan fingerprint density at radius 3 is 1.06 bits per heavy atom. The molecule has 0 bridgehead atoms. The molecule has 0 N–H and O–H groups in total. The Kier molecular flexibility index (Phi) is 49.1. The zero-order chi connectivity index (χ0) is 47.2. The van der Waals surface area contributed by atoms with E-state index in [0.717, 1.165) is 116 Å². The molecule has 0 spiro atoms. The van der Waals surface area contributed by atoms with Gasteiger partial charge in [-0.1, -0.05) is 226 Å². The van der Waals surface area contributed by atoms with E-state index < -0.39 is 6.10 Å². The largest absolute Gasteiger partial charge is 0.462 e. The Morgan fingerprint density at radius 2 is 0.631 bits per heavy atom. The molecule has 0 aromatic heterocycles. The Labute approximate surface area is 399 Å². The molecule has 65 heavy (non-hydrogen) atoms. The maximum Gasteiger partial charge on any atom is 0.306 e. The molecular weight excluding hydrogens is 805 g/mol. The van der Waals surface area contributed by atoms with Gasteiger partial charge in [0.1, 0.15) is 13.2 Å². The van der Waals surface area contributed by atoms with Gasteiger partial charge in [-0.25, -0.2) is 0 Å². The molecular formula is C59H94O6. The lowest BCUT2D eigenvalue weighted by atomic mass is 10.1. The zero-order valence-electron chi connectivity index (χ0n) is 41.7. The monoisotopic (exact) mass is 899 g/mol. The summed E-state index contributed by atoms with van der Waals surface area (Å²) in [5, 5.41) is 0. The van der Waals surface area contributed by atoms with Gasteiger partial charge >= 0.3 is 17.9 Å². The number of unbranched alkanes of at least 4 members (excludes halogenated alkanes) is 19. The standard InChI is InChI=1S/C59H94O6/c1-4-7-10-13-16-19-22-25-27-28-29-30-32-34-37-40-43-46-49-52-58(61)64-55-56(54-63-57(60)51-48-45-42-39-36-33-24-21-18-15-12-9-6-3)65-59(62)53-50-47-44-41-38-35-31-26-23-20-17-14-11-8-5-2/h7-12,14-21,23-25,27,33,36,56H,4-6,13,22,26,28-32,34-35,37-55H2,1-3H3/b10-7+,11-8+,12-9+,17-14+,18-15+,19-16+,23-20+,24-21+,27-25+,36-33+. The molecule has 0 rings (SSSR count). The van der Waals surface area contributed by atoms with Crippen molar-refractivity contribution in [2.24, 2.45) is 0 Å². The first-order chi connectivity index (χ1) is 32.0. The minimum Gasteiger partial charge on any atom is -0.462 e. The predicted molar refractivity (Wildman–Crippen MR) is 279 cm³/mol. The lowest BCUT2D eigenvalue weighted by Gasteiger charge is -2.18. The number of allylic oxidation sites excluding steroid dienone is 20. The minimum absolute atomic E-state index is 0.102. The SMILES string of the molecule is CC/C=C/C=C/C=C/C=C/CCCCCC(=O)OCC(COC(=O)CCCCCCCCCCC/C=C/C/C=C/C/C=C/CC)OC(=O)CCCCCCCCC/C=C/C=C/C=C/CC. The fraction of sp³-hybridized carbons (Fsp3) is 0.610. The van der Waals surface area contributed by atoms with Crippen LogP contribution in [0.4, 0.5) is 0 Å².